The van der Waals surface area contributed by atoms with Crippen LogP contribution < -0.4 is 26.0 Å². The van der Waals surface area contributed by atoms with E-state index in [2.05, 4.69) is 63.6 Å². The summed E-state index contributed by atoms with van der Waals surface area (Å²) >= 11 is 1.26. The number of hydrogen-bond donors (Lipinski definition) is 6. The molecule has 1 aromatic carbocycles. The van der Waals surface area contributed by atoms with Gasteiger partial charge in [-0.3, -0.25) is 33.1 Å². The smallest absolute Gasteiger partial charge is 0.494 e. The van der Waals surface area contributed by atoms with Crippen LogP contribution in [0.3, 0.4) is 0 Å². The predicted octanol–water partition coefficient (Wildman–Crippen LogP) is 5.98. The van der Waals surface area contributed by atoms with Crippen LogP contribution >= 0.6 is 11.3 Å². The molecule has 90 heavy (non-hydrogen) atoms. The molecular weight excluding hydrogens is 1230 g/mol. The van der Waals surface area contributed by atoms with Crippen molar-refractivity contribution in [1.29, 1.82) is 0 Å². The minimum absolute atomic E-state index is 0.0233. The lowest BCUT2D eigenvalue weighted by molar-refractivity contribution is -0.870. The number of hydrogen-bond acceptors (Lipinski definition) is 14. The third-order valence-electron chi connectivity index (χ3n) is 15.3. The third kappa shape index (κ3) is 23.6. The first-order chi connectivity index (χ1) is 42.4. The zero-order valence-corrected chi connectivity index (χ0v) is 55.0. The number of carbonyl (C=O) groups is 6. The van der Waals surface area contributed by atoms with Crippen molar-refractivity contribution in [1.82, 2.24) is 30.8 Å². The molecule has 2 aromatic heterocycles. The highest BCUT2D eigenvalue weighted by Crippen LogP contribution is 2.41. The van der Waals surface area contributed by atoms with E-state index in [1.54, 1.807) is 66.1 Å². The second kappa shape index (κ2) is 33.2. The first-order valence-corrected chi connectivity index (χ1v) is 34.9. The predicted molar refractivity (Wildman–Crippen MR) is 342 cm³/mol. The molecule has 2 atom stereocenters. The summed E-state index contributed by atoms with van der Waals surface area (Å²) in [4.78, 5) is 82.4. The van der Waals surface area contributed by atoms with E-state index in [-0.39, 0.29) is 92.6 Å². The van der Waals surface area contributed by atoms with Crippen molar-refractivity contribution in [2.45, 2.75) is 128 Å². The first-order valence-electron chi connectivity index (χ1n) is 30.8. The first kappa shape index (κ1) is 72.6. The Hall–Kier alpha value is -6.47. The van der Waals surface area contributed by atoms with E-state index in [4.69, 9.17) is 9.57 Å². The third-order valence-corrected chi connectivity index (χ3v) is 17.8. The number of imide groups is 1. The number of benzene rings is 1. The van der Waals surface area contributed by atoms with Crippen molar-refractivity contribution < 1.29 is 86.4 Å². The summed E-state index contributed by atoms with van der Waals surface area (Å²) in [7, 11) is 3.84. The van der Waals surface area contributed by atoms with Gasteiger partial charge in [-0.05, 0) is 137 Å². The number of rotatable bonds is 40. The molecule has 3 aliphatic rings. The van der Waals surface area contributed by atoms with E-state index in [9.17, 15) is 54.7 Å². The normalized spacial score (nSPS) is 15.8. The molecule has 23 nitrogen and oxygen atoms in total. The van der Waals surface area contributed by atoms with Gasteiger partial charge in [-0.25, -0.2) is 4.79 Å². The number of amides is 5. The highest BCUT2D eigenvalue weighted by molar-refractivity contribution is 7.86. The molecule has 3 aromatic rings. The summed E-state index contributed by atoms with van der Waals surface area (Å²) < 4.78 is 110. The molecule has 6 N–H and O–H groups in total. The molecule has 5 amide bonds. The minimum Gasteiger partial charge on any atom is -0.494 e. The molecule has 6 rings (SSSR count). The Kier molecular flexibility index (Phi) is 26.8. The average Bonchev–Trinajstić information content (AvgIpc) is 1.53. The Bertz CT molecular complexity index is 3340. The molecular formula is C61H90BF2N9O14S3+2. The zero-order valence-electron chi connectivity index (χ0n) is 52.6. The van der Waals surface area contributed by atoms with Gasteiger partial charge in [0.15, 0.2) is 11.4 Å². The summed E-state index contributed by atoms with van der Waals surface area (Å²) in [5.74, 6) is -3.49. The van der Waals surface area contributed by atoms with Gasteiger partial charge >= 0.3 is 12.9 Å². The zero-order chi connectivity index (χ0) is 65.9. The van der Waals surface area contributed by atoms with Crippen molar-refractivity contribution in [3.05, 3.63) is 92.6 Å². The van der Waals surface area contributed by atoms with Gasteiger partial charge in [0.1, 0.15) is 17.8 Å². The number of thiophene rings is 1. The number of aromatic nitrogens is 1. The van der Waals surface area contributed by atoms with E-state index >= 15 is 8.63 Å². The van der Waals surface area contributed by atoms with E-state index in [0.717, 1.165) is 50.3 Å². The number of nitrogens with zero attached hydrogens (tertiary/aromatic N) is 5. The number of fused-ring (bicyclic) bond motifs is 2. The Morgan fingerprint density at radius 3 is 1.98 bits per heavy atom. The maximum Gasteiger partial charge on any atom is 0.737 e. The number of aryl methyl sites for hydroxylation is 1. The van der Waals surface area contributed by atoms with Crippen LogP contribution in [-0.2, 0) is 60.3 Å². The number of carbonyl (C=O) groups excluding carboxylic acids is 6. The lowest BCUT2D eigenvalue weighted by atomic mass is 9.88. The number of unbranched alkanes of at least 4 members (excludes halogenated alkanes) is 4. The van der Waals surface area contributed by atoms with Crippen molar-refractivity contribution in [3.63, 3.8) is 0 Å². The second-order valence-corrected chi connectivity index (χ2v) is 29.2. The largest absolute Gasteiger partial charge is 0.737 e. The van der Waals surface area contributed by atoms with Gasteiger partial charge < -0.3 is 57.4 Å². The number of nitrogens with one attached hydrogen (secondary N) is 4. The van der Waals surface area contributed by atoms with Crippen molar-refractivity contribution in [2.24, 2.45) is 0 Å². The summed E-state index contributed by atoms with van der Waals surface area (Å²) in [5, 5.41) is 14.4. The van der Waals surface area contributed by atoms with Crippen molar-refractivity contribution in [2.75, 3.05) is 93.1 Å². The summed E-state index contributed by atoms with van der Waals surface area (Å²) in [6.45, 7) is -1.38. The van der Waals surface area contributed by atoms with Crippen LogP contribution in [0.5, 0.6) is 5.75 Å². The van der Waals surface area contributed by atoms with E-state index in [1.807, 2.05) is 0 Å². The number of ether oxygens (including phenoxy) is 1. The molecule has 1 fully saturated rings. The number of allylic oxidation sites excluding steroid dienone is 2. The molecule has 2 unspecified atom stereocenters. The molecule has 0 aliphatic carbocycles. The van der Waals surface area contributed by atoms with Gasteiger partial charge in [0.05, 0.1) is 78.4 Å². The van der Waals surface area contributed by atoms with Gasteiger partial charge in [-0.2, -0.15) is 16.8 Å². The fourth-order valence-corrected chi connectivity index (χ4v) is 12.5. The molecule has 0 spiro atoms. The van der Waals surface area contributed by atoms with Crippen LogP contribution in [0.1, 0.15) is 137 Å². The number of quaternary nitrogens is 2. The van der Waals surface area contributed by atoms with Crippen molar-refractivity contribution >= 4 is 98.0 Å². The average molecular weight is 1320 g/mol. The molecule has 29 heteroatoms. The molecule has 5 heterocycles. The summed E-state index contributed by atoms with van der Waals surface area (Å²) in [5.41, 5.74) is 2.14. The van der Waals surface area contributed by atoms with Crippen LogP contribution in [0.15, 0.2) is 65.2 Å². The quantitative estimate of drug-likeness (QED) is 0.0126. The number of hydroxylamine groups is 2. The van der Waals surface area contributed by atoms with E-state index in [1.165, 1.54) is 17.4 Å². The Balaban J connectivity index is 1.04. The lowest BCUT2D eigenvalue weighted by Gasteiger charge is -2.31. The van der Waals surface area contributed by atoms with Gasteiger partial charge in [0.2, 0.25) is 17.7 Å². The van der Waals surface area contributed by atoms with Gasteiger partial charge in [-0.1, -0.05) is 30.7 Å². The topological polar surface area (TPSA) is 289 Å². The van der Waals surface area contributed by atoms with E-state index < -0.39 is 74.5 Å². The van der Waals surface area contributed by atoms with Gasteiger partial charge in [0, 0.05) is 67.9 Å². The Labute approximate surface area is 531 Å². The molecule has 0 saturated carbocycles. The van der Waals surface area contributed by atoms with Crippen LogP contribution in [0.4, 0.5) is 8.63 Å². The van der Waals surface area contributed by atoms with Crippen LogP contribution in [0.25, 0.3) is 18.2 Å². The molecule has 0 bridgehead atoms. The summed E-state index contributed by atoms with van der Waals surface area (Å²) in [6.07, 6.45) is 12.5. The molecule has 1 saturated heterocycles. The molecule has 0 radical (unpaired) electrons. The number of halogens is 2. The lowest BCUT2D eigenvalue weighted by Crippen LogP contribution is -2.54. The summed E-state index contributed by atoms with van der Waals surface area (Å²) in [6, 6.07) is 10.1. The molecule has 496 valence electrons. The highest BCUT2D eigenvalue weighted by Gasteiger charge is 2.54. The SMILES string of the molecule is C[N+](C)(C)CCCCC(NC(=O)CCCOc1ccc(/C=C/c2cc(CCCS(=O)(=O)O)c3n2[B-](F)(F)[N+]2=C(c4cccs4)C=C(CCCS(=O)(=O)O)C2=C3)cc1)C(=O)NC(CCCC[N+](C)(C)C)C(=O)NCCNCCCCCC(=O)ON1C(=O)CCC1=O. The Morgan fingerprint density at radius 2 is 1.37 bits per heavy atom. The maximum atomic E-state index is 17.4. The van der Waals surface area contributed by atoms with Crippen LogP contribution in [-0.4, -0.2) is 202 Å². The van der Waals surface area contributed by atoms with Crippen LogP contribution in [0.2, 0.25) is 0 Å². The van der Waals surface area contributed by atoms with Gasteiger partial charge in [0.25, 0.3) is 32.1 Å². The van der Waals surface area contributed by atoms with Gasteiger partial charge in [-0.15, -0.1) is 16.4 Å². The Morgan fingerprint density at radius 1 is 0.733 bits per heavy atom. The molecule has 3 aliphatic heterocycles. The monoisotopic (exact) mass is 1320 g/mol. The fraction of sp³-hybridized carbons (Fsp3) is 0.557. The van der Waals surface area contributed by atoms with E-state index in [0.29, 0.717) is 97.0 Å². The highest BCUT2D eigenvalue weighted by atomic mass is 32.2. The minimum atomic E-state index is -4.62. The van der Waals surface area contributed by atoms with Crippen molar-refractivity contribution in [3.8, 4) is 5.75 Å². The second-order valence-electron chi connectivity index (χ2n) is 25.1. The fourth-order valence-electron chi connectivity index (χ4n) is 10.7. The standard InChI is InChI=1S/C61H88BF2N9O14S3/c1-72(2,3)36-12-9-20-50(60(78)66-35-34-65-33-11-7-8-24-59(77)87-71-57(75)31-32-58(71)76)68-61(79)51(21-10-13-37-73(4,5)6)67-56(74)23-14-38-86-49-29-26-45(27-30-49)25-28-48-42-46(18-16-40-89(80,81)82)52-44-53-47(19-17-41-90(83,84)85)43-54(55-22-15-39-88-55)70(53)62(63,64)69(48)52/h15,22,25-30,39,42-44,50-51,65H,7-14,16-21,23-24,31-38,40-41H2,1-6H3,(H3-2,66,67,68,74,78,79,80,81,82,83,84,85)/p+2/b28-25+. The van der Waals surface area contributed by atoms with Crippen LogP contribution in [0, 0.1) is 0 Å². The maximum absolute atomic E-state index is 17.4.